The van der Waals surface area contributed by atoms with Crippen LogP contribution in [0, 0.1) is 12.8 Å². The van der Waals surface area contributed by atoms with Crippen LogP contribution >= 0.6 is 0 Å². The summed E-state index contributed by atoms with van der Waals surface area (Å²) >= 11 is 0. The molecule has 1 amide bonds. The summed E-state index contributed by atoms with van der Waals surface area (Å²) in [6, 6.07) is 2.19. The van der Waals surface area contributed by atoms with Gasteiger partial charge >= 0.3 is 0 Å². The van der Waals surface area contributed by atoms with Crippen LogP contribution in [0.3, 0.4) is 0 Å². The summed E-state index contributed by atoms with van der Waals surface area (Å²) in [5, 5.41) is 7.34. The van der Waals surface area contributed by atoms with E-state index in [1.54, 1.807) is 0 Å². The third-order valence-corrected chi connectivity index (χ3v) is 6.28. The number of nitrogens with one attached hydrogen (secondary N) is 1. The number of hydrogen-bond acceptors (Lipinski definition) is 6. The highest BCUT2D eigenvalue weighted by Gasteiger charge is 2.31. The van der Waals surface area contributed by atoms with Crippen molar-refractivity contribution in [3.05, 3.63) is 23.7 Å². The molecule has 7 heteroatoms. The second-order valence-electron chi connectivity index (χ2n) is 9.06. The molecule has 30 heavy (non-hydrogen) atoms. The van der Waals surface area contributed by atoms with Crippen molar-refractivity contribution in [3.63, 3.8) is 0 Å². The van der Waals surface area contributed by atoms with Crippen molar-refractivity contribution < 1.29 is 9.32 Å². The first-order valence-corrected chi connectivity index (χ1v) is 11.4. The highest BCUT2D eigenvalue weighted by Crippen LogP contribution is 2.36. The van der Waals surface area contributed by atoms with E-state index in [2.05, 4.69) is 34.2 Å². The first kappa shape index (κ1) is 20.8. The standard InChI is InChI=1S/C23H33N5O2/c1-15(2)25-23-24-14-19(20-13-16(3)27-30-20)21(26-23)17-9-11-28(12-10-17)22(29)18-7-5-4-6-8-18/h13-15,17-18H,4-12H2,1-3H3,(H,24,25,26). The number of nitrogens with zero attached hydrogens (tertiary/aromatic N) is 4. The van der Waals surface area contributed by atoms with Gasteiger partial charge < -0.3 is 14.7 Å². The van der Waals surface area contributed by atoms with Crippen LogP contribution < -0.4 is 5.32 Å². The Hall–Kier alpha value is -2.44. The molecule has 1 aliphatic heterocycles. The van der Waals surface area contributed by atoms with Gasteiger partial charge in [0.25, 0.3) is 0 Å². The lowest BCUT2D eigenvalue weighted by Crippen LogP contribution is -2.42. The van der Waals surface area contributed by atoms with Crippen LogP contribution in [-0.2, 0) is 4.79 Å². The van der Waals surface area contributed by atoms with Crippen molar-refractivity contribution in [2.45, 2.75) is 77.7 Å². The normalized spacial score (nSPS) is 18.7. The Balaban J connectivity index is 1.51. The Kier molecular flexibility index (Phi) is 6.35. The molecule has 1 saturated heterocycles. The Bertz CT molecular complexity index is 864. The van der Waals surface area contributed by atoms with Gasteiger partial charge in [-0.05, 0) is 46.5 Å². The van der Waals surface area contributed by atoms with Gasteiger partial charge in [-0.1, -0.05) is 24.4 Å². The lowest BCUT2D eigenvalue weighted by molar-refractivity contribution is -0.137. The van der Waals surface area contributed by atoms with Crippen LogP contribution in [0.1, 0.15) is 76.1 Å². The largest absolute Gasteiger partial charge is 0.356 e. The maximum atomic E-state index is 12.9. The quantitative estimate of drug-likeness (QED) is 0.777. The molecule has 0 spiro atoms. The number of carbonyl (C=O) groups is 1. The van der Waals surface area contributed by atoms with Crippen LogP contribution in [0.5, 0.6) is 0 Å². The summed E-state index contributed by atoms with van der Waals surface area (Å²) in [7, 11) is 0. The molecule has 162 valence electrons. The van der Waals surface area contributed by atoms with E-state index in [1.165, 1.54) is 19.3 Å². The summed E-state index contributed by atoms with van der Waals surface area (Å²) in [5.74, 6) is 2.23. The summed E-state index contributed by atoms with van der Waals surface area (Å²) in [6.45, 7) is 7.66. The second-order valence-corrected chi connectivity index (χ2v) is 9.06. The summed E-state index contributed by atoms with van der Waals surface area (Å²) in [5.41, 5.74) is 2.74. The minimum atomic E-state index is 0.240. The van der Waals surface area contributed by atoms with Crippen molar-refractivity contribution in [1.29, 1.82) is 0 Å². The van der Waals surface area contributed by atoms with Crippen LogP contribution in [-0.4, -0.2) is 45.1 Å². The lowest BCUT2D eigenvalue weighted by atomic mass is 9.86. The predicted octanol–water partition coefficient (Wildman–Crippen LogP) is 4.55. The minimum absolute atomic E-state index is 0.240. The molecule has 1 N–H and O–H groups in total. The fourth-order valence-electron chi connectivity index (χ4n) is 4.70. The molecule has 0 atom stereocenters. The number of hydrogen-bond donors (Lipinski definition) is 1. The molecule has 7 nitrogen and oxygen atoms in total. The van der Waals surface area contributed by atoms with Gasteiger partial charge in [0, 0.05) is 43.2 Å². The third-order valence-electron chi connectivity index (χ3n) is 6.28. The molecule has 1 saturated carbocycles. The average Bonchev–Trinajstić information content (AvgIpc) is 3.19. The number of rotatable bonds is 5. The van der Waals surface area contributed by atoms with E-state index >= 15 is 0 Å². The number of carbonyl (C=O) groups excluding carboxylic acids is 1. The molecule has 1 aliphatic carbocycles. The van der Waals surface area contributed by atoms with Crippen molar-refractivity contribution in [1.82, 2.24) is 20.0 Å². The smallest absolute Gasteiger partial charge is 0.225 e. The maximum Gasteiger partial charge on any atom is 0.225 e. The average molecular weight is 412 g/mol. The van der Waals surface area contributed by atoms with E-state index in [0.29, 0.717) is 17.6 Å². The van der Waals surface area contributed by atoms with E-state index in [0.717, 1.165) is 55.7 Å². The van der Waals surface area contributed by atoms with Gasteiger partial charge in [-0.2, -0.15) is 0 Å². The van der Waals surface area contributed by atoms with Gasteiger partial charge in [0.05, 0.1) is 17.0 Å². The first-order chi connectivity index (χ1) is 14.5. The number of anilines is 1. The zero-order valence-corrected chi connectivity index (χ0v) is 18.4. The number of likely N-dealkylation sites (tertiary alicyclic amines) is 1. The molecule has 4 rings (SSSR count). The van der Waals surface area contributed by atoms with Crippen LogP contribution in [0.15, 0.2) is 16.8 Å². The Labute approximate surface area is 178 Å². The lowest BCUT2D eigenvalue weighted by Gasteiger charge is -2.35. The predicted molar refractivity (Wildman–Crippen MR) is 116 cm³/mol. The zero-order chi connectivity index (χ0) is 21.1. The minimum Gasteiger partial charge on any atom is -0.356 e. The van der Waals surface area contributed by atoms with Gasteiger partial charge in [0.2, 0.25) is 11.9 Å². The SMILES string of the molecule is Cc1cc(-c2cnc(NC(C)C)nc2C2CCN(C(=O)C3CCCCC3)CC2)on1. The molecule has 2 aromatic heterocycles. The highest BCUT2D eigenvalue weighted by atomic mass is 16.5. The van der Waals surface area contributed by atoms with E-state index < -0.39 is 0 Å². The topological polar surface area (TPSA) is 84.2 Å². The third kappa shape index (κ3) is 4.65. The number of aromatic nitrogens is 3. The molecule has 0 unspecified atom stereocenters. The highest BCUT2D eigenvalue weighted by molar-refractivity contribution is 5.79. The maximum absolute atomic E-state index is 12.9. The molecule has 2 aromatic rings. The van der Waals surface area contributed by atoms with Gasteiger partial charge in [-0.25, -0.2) is 9.97 Å². The molecule has 0 radical (unpaired) electrons. The first-order valence-electron chi connectivity index (χ1n) is 11.4. The zero-order valence-electron chi connectivity index (χ0n) is 18.4. The Morgan fingerprint density at radius 2 is 1.90 bits per heavy atom. The van der Waals surface area contributed by atoms with E-state index in [4.69, 9.17) is 9.51 Å². The molecule has 2 fully saturated rings. The monoisotopic (exact) mass is 411 g/mol. The van der Waals surface area contributed by atoms with Gasteiger partial charge in [0.1, 0.15) is 0 Å². The summed E-state index contributed by atoms with van der Waals surface area (Å²) < 4.78 is 5.53. The number of aryl methyl sites for hydroxylation is 1. The van der Waals surface area contributed by atoms with E-state index in [1.807, 2.05) is 19.2 Å². The Morgan fingerprint density at radius 1 is 1.17 bits per heavy atom. The molecule has 0 bridgehead atoms. The van der Waals surface area contributed by atoms with Crippen LogP contribution in [0.4, 0.5) is 5.95 Å². The number of piperidine rings is 1. The summed E-state index contributed by atoms with van der Waals surface area (Å²) in [4.78, 5) is 24.4. The Morgan fingerprint density at radius 3 is 2.53 bits per heavy atom. The second kappa shape index (κ2) is 9.14. The fraction of sp³-hybridized carbons (Fsp3) is 0.652. The van der Waals surface area contributed by atoms with Crippen LogP contribution in [0.25, 0.3) is 11.3 Å². The van der Waals surface area contributed by atoms with E-state index in [-0.39, 0.29) is 17.9 Å². The molecule has 2 aliphatic rings. The van der Waals surface area contributed by atoms with Gasteiger partial charge in [0.15, 0.2) is 5.76 Å². The summed E-state index contributed by atoms with van der Waals surface area (Å²) in [6.07, 6.45) is 9.45. The molecule has 0 aromatic carbocycles. The van der Waals surface area contributed by atoms with Crippen molar-refractivity contribution >= 4 is 11.9 Å². The van der Waals surface area contributed by atoms with Gasteiger partial charge in [-0.15, -0.1) is 0 Å². The van der Waals surface area contributed by atoms with Gasteiger partial charge in [-0.3, -0.25) is 4.79 Å². The fourth-order valence-corrected chi connectivity index (χ4v) is 4.70. The van der Waals surface area contributed by atoms with Crippen molar-refractivity contribution in [2.75, 3.05) is 18.4 Å². The molecule has 3 heterocycles. The van der Waals surface area contributed by atoms with E-state index in [9.17, 15) is 4.79 Å². The van der Waals surface area contributed by atoms with Crippen LogP contribution in [0.2, 0.25) is 0 Å². The van der Waals surface area contributed by atoms with Crippen molar-refractivity contribution in [2.24, 2.45) is 5.92 Å². The molecular formula is C23H33N5O2. The molecular weight excluding hydrogens is 378 g/mol. The number of amides is 1. The van der Waals surface area contributed by atoms with Crippen molar-refractivity contribution in [3.8, 4) is 11.3 Å².